The smallest absolute Gasteiger partial charge is 0.261 e. The predicted molar refractivity (Wildman–Crippen MR) is 196 cm³/mol. The number of hydrogen-bond acceptors (Lipinski definition) is 10. The minimum absolute atomic E-state index is 0.322. The fraction of sp³-hybridized carbons (Fsp3) is 0.200. The van der Waals surface area contributed by atoms with E-state index in [1.807, 2.05) is 62.4 Å². The number of benzene rings is 4. The number of imide groups is 2. The van der Waals surface area contributed by atoms with Gasteiger partial charge in [-0.15, -0.1) is 0 Å². The van der Waals surface area contributed by atoms with E-state index in [4.69, 9.17) is 0 Å². The Bertz CT molecular complexity index is 2230. The maximum atomic E-state index is 13.8. The van der Waals surface area contributed by atoms with Crippen LogP contribution in [0.15, 0.2) is 98.1 Å². The average Bonchev–Trinajstić information content (AvgIpc) is 3.17. The zero-order chi connectivity index (χ0) is 35.9. The van der Waals surface area contributed by atoms with Crippen LogP contribution in [0.5, 0.6) is 0 Å². The summed E-state index contributed by atoms with van der Waals surface area (Å²) in [5.74, 6) is -1.33. The van der Waals surface area contributed by atoms with Crippen LogP contribution in [0.25, 0.3) is 43.8 Å². The molecule has 6 aromatic rings. The first kappa shape index (κ1) is 32.9. The molecule has 12 heteroatoms. The van der Waals surface area contributed by atoms with E-state index in [1.165, 1.54) is 22.5 Å². The second-order valence-electron chi connectivity index (χ2n) is 13.2. The second-order valence-corrected chi connectivity index (χ2v) is 13.2. The Balaban J connectivity index is 0.898. The highest BCUT2D eigenvalue weighted by molar-refractivity contribution is 6.27. The Labute approximate surface area is 298 Å². The van der Waals surface area contributed by atoms with Gasteiger partial charge < -0.3 is 10.6 Å². The monoisotopic (exact) mass is 690 g/mol. The molecule has 8 rings (SSSR count). The number of amides is 4. The molecule has 4 aromatic carbocycles. The minimum atomic E-state index is -0.426. The van der Waals surface area contributed by atoms with E-state index < -0.39 is 12.1 Å². The summed E-state index contributed by atoms with van der Waals surface area (Å²) in [6, 6.07) is 17.7. The highest BCUT2D eigenvalue weighted by Gasteiger charge is 2.37. The number of aromatic nitrogens is 4. The van der Waals surface area contributed by atoms with Crippen molar-refractivity contribution in [2.45, 2.75) is 25.9 Å². The molecule has 258 valence electrons. The molecule has 0 unspecified atom stereocenters. The lowest BCUT2D eigenvalue weighted by Crippen LogP contribution is -2.51. The van der Waals surface area contributed by atoms with Crippen LogP contribution >= 0.6 is 0 Å². The number of carbonyl (C=O) groups excluding carboxylic acids is 4. The summed E-state index contributed by atoms with van der Waals surface area (Å²) >= 11 is 0. The third-order valence-corrected chi connectivity index (χ3v) is 9.78. The molecule has 0 spiro atoms. The number of rotatable bonds is 11. The lowest BCUT2D eigenvalue weighted by molar-refractivity contribution is 0.0532. The van der Waals surface area contributed by atoms with Crippen LogP contribution in [-0.4, -0.2) is 91.6 Å². The van der Waals surface area contributed by atoms with Crippen molar-refractivity contribution in [3.63, 3.8) is 0 Å². The summed E-state index contributed by atoms with van der Waals surface area (Å²) in [6.45, 7) is 5.52. The first-order valence-corrected chi connectivity index (χ1v) is 17.1. The standard InChI is InChI=1S/C40H34N8O4/c1-23(47-37(49)31-7-3-5-25-11-27(29-17-43-21-44-18-29)13-33(35(25)31)39(47)51)15-41-9-10-42-16-24(2)48-38(50)32-8-4-6-26-12-28(30-19-45-22-46-20-30)14-34(36(26)32)40(48)52/h3-8,11-14,17-24,41-42H,9-10,15-16H2,1-2H3/t23-,24+. The quantitative estimate of drug-likeness (QED) is 0.144. The fourth-order valence-electron chi connectivity index (χ4n) is 7.26. The van der Waals surface area contributed by atoms with Crippen molar-refractivity contribution in [2.75, 3.05) is 26.2 Å². The third kappa shape index (κ3) is 5.67. The molecular weight excluding hydrogens is 656 g/mol. The molecule has 0 bridgehead atoms. The van der Waals surface area contributed by atoms with Gasteiger partial charge in [0.1, 0.15) is 12.7 Å². The van der Waals surface area contributed by atoms with E-state index in [-0.39, 0.29) is 23.6 Å². The molecule has 0 saturated carbocycles. The van der Waals surface area contributed by atoms with Crippen LogP contribution in [0.4, 0.5) is 0 Å². The molecule has 0 fully saturated rings. The lowest BCUT2D eigenvalue weighted by atomic mass is 9.90. The molecule has 2 aromatic heterocycles. The third-order valence-electron chi connectivity index (χ3n) is 9.78. The molecular formula is C40H34N8O4. The van der Waals surface area contributed by atoms with E-state index in [1.54, 1.807) is 36.9 Å². The summed E-state index contributed by atoms with van der Waals surface area (Å²) < 4.78 is 0. The van der Waals surface area contributed by atoms with E-state index >= 15 is 0 Å². The van der Waals surface area contributed by atoms with Crippen molar-refractivity contribution in [1.82, 2.24) is 40.4 Å². The fourth-order valence-corrected chi connectivity index (χ4v) is 7.26. The normalized spacial score (nSPS) is 15.1. The molecule has 0 radical (unpaired) electrons. The summed E-state index contributed by atoms with van der Waals surface area (Å²) in [4.78, 5) is 74.1. The number of carbonyl (C=O) groups is 4. The van der Waals surface area contributed by atoms with Crippen LogP contribution < -0.4 is 10.6 Å². The van der Waals surface area contributed by atoms with Crippen LogP contribution in [0.2, 0.25) is 0 Å². The van der Waals surface area contributed by atoms with Gasteiger partial charge >= 0.3 is 0 Å². The van der Waals surface area contributed by atoms with Gasteiger partial charge in [0.15, 0.2) is 0 Å². The number of hydrogen-bond donors (Lipinski definition) is 2. The summed E-state index contributed by atoms with van der Waals surface area (Å²) in [5, 5.41) is 9.62. The van der Waals surface area contributed by atoms with Crippen molar-refractivity contribution in [2.24, 2.45) is 0 Å². The molecule has 2 N–H and O–H groups in total. The molecule has 0 saturated heterocycles. The van der Waals surface area contributed by atoms with Crippen molar-refractivity contribution in [3.05, 3.63) is 120 Å². The second kappa shape index (κ2) is 13.5. The van der Waals surface area contributed by atoms with Gasteiger partial charge in [0.05, 0.1) is 0 Å². The molecule has 52 heavy (non-hydrogen) atoms. The van der Waals surface area contributed by atoms with Gasteiger partial charge in [0.2, 0.25) is 0 Å². The van der Waals surface area contributed by atoms with E-state index in [0.717, 1.165) is 33.0 Å². The molecule has 2 atom stereocenters. The minimum Gasteiger partial charge on any atom is -0.313 e. The molecule has 2 aliphatic heterocycles. The summed E-state index contributed by atoms with van der Waals surface area (Å²) in [5.41, 5.74) is 5.10. The van der Waals surface area contributed by atoms with Crippen molar-refractivity contribution in [1.29, 1.82) is 0 Å². The number of nitrogens with zero attached hydrogens (tertiary/aromatic N) is 6. The Morgan fingerprint density at radius 1 is 0.519 bits per heavy atom. The van der Waals surface area contributed by atoms with Gasteiger partial charge in [0, 0.05) is 107 Å². The highest BCUT2D eigenvalue weighted by Crippen LogP contribution is 2.36. The Hall–Kier alpha value is -6.24. The topological polar surface area (TPSA) is 150 Å². The highest BCUT2D eigenvalue weighted by atomic mass is 16.2. The van der Waals surface area contributed by atoms with Crippen molar-refractivity contribution >= 4 is 45.2 Å². The molecule has 0 aliphatic carbocycles. The van der Waals surface area contributed by atoms with E-state index in [9.17, 15) is 19.2 Å². The average molecular weight is 691 g/mol. The largest absolute Gasteiger partial charge is 0.313 e. The van der Waals surface area contributed by atoms with Gasteiger partial charge in [-0.1, -0.05) is 24.3 Å². The van der Waals surface area contributed by atoms with E-state index in [0.29, 0.717) is 59.2 Å². The molecule has 12 nitrogen and oxygen atoms in total. The van der Waals surface area contributed by atoms with Gasteiger partial charge in [-0.2, -0.15) is 0 Å². The van der Waals surface area contributed by atoms with Crippen LogP contribution in [0.3, 0.4) is 0 Å². The maximum absolute atomic E-state index is 13.8. The Morgan fingerprint density at radius 2 is 0.904 bits per heavy atom. The first-order chi connectivity index (χ1) is 25.3. The molecule has 4 heterocycles. The zero-order valence-corrected chi connectivity index (χ0v) is 28.5. The first-order valence-electron chi connectivity index (χ1n) is 17.1. The Kier molecular flexibility index (Phi) is 8.53. The summed E-state index contributed by atoms with van der Waals surface area (Å²) in [6.07, 6.45) is 9.70. The lowest BCUT2D eigenvalue weighted by Gasteiger charge is -2.33. The van der Waals surface area contributed by atoms with Gasteiger partial charge in [-0.05, 0) is 72.1 Å². The van der Waals surface area contributed by atoms with Gasteiger partial charge in [-0.25, -0.2) is 19.9 Å². The van der Waals surface area contributed by atoms with Crippen LogP contribution in [0.1, 0.15) is 55.3 Å². The van der Waals surface area contributed by atoms with Gasteiger partial charge in [-0.3, -0.25) is 29.0 Å². The maximum Gasteiger partial charge on any atom is 0.261 e. The molecule has 4 amide bonds. The zero-order valence-electron chi connectivity index (χ0n) is 28.5. The van der Waals surface area contributed by atoms with Crippen molar-refractivity contribution in [3.8, 4) is 22.3 Å². The SMILES string of the molecule is C[C@H](CNCCNC[C@H](C)N1C(=O)c2cccc3cc(-c4cncnc4)cc(c23)C1=O)N1C(=O)c2cccc3cc(-c4cncnc4)cc(c23)C1=O. The van der Waals surface area contributed by atoms with E-state index in [2.05, 4.69) is 30.6 Å². The summed E-state index contributed by atoms with van der Waals surface area (Å²) in [7, 11) is 0. The Morgan fingerprint density at radius 3 is 1.31 bits per heavy atom. The van der Waals surface area contributed by atoms with Crippen molar-refractivity contribution < 1.29 is 19.2 Å². The van der Waals surface area contributed by atoms with Crippen LogP contribution in [0, 0.1) is 0 Å². The number of nitrogens with one attached hydrogen (secondary N) is 2. The molecule has 2 aliphatic rings. The van der Waals surface area contributed by atoms with Gasteiger partial charge in [0.25, 0.3) is 23.6 Å². The van der Waals surface area contributed by atoms with Crippen LogP contribution in [-0.2, 0) is 0 Å². The predicted octanol–water partition coefficient (Wildman–Crippen LogP) is 4.76.